The molecule has 3 rings (SSSR count). The van der Waals surface area contributed by atoms with Gasteiger partial charge in [-0.25, -0.2) is 0 Å². The van der Waals surface area contributed by atoms with Crippen LogP contribution in [-0.2, 0) is 10.2 Å². The van der Waals surface area contributed by atoms with Gasteiger partial charge in [0.15, 0.2) is 11.3 Å². The predicted octanol–water partition coefficient (Wildman–Crippen LogP) is 3.57. The second-order valence-corrected chi connectivity index (χ2v) is 8.12. The molecule has 0 aromatic heterocycles. The van der Waals surface area contributed by atoms with Crippen LogP contribution in [0.5, 0.6) is 0 Å². The number of nitrogens with zero attached hydrogens (tertiary/aromatic N) is 3. The van der Waals surface area contributed by atoms with Crippen LogP contribution in [0.25, 0.3) is 0 Å². The van der Waals surface area contributed by atoms with E-state index < -0.39 is 6.23 Å². The number of allylic oxidation sites excluding steroid dienone is 5. The number of thiocarbonyl (C=S) groups is 1. The number of aliphatic hydroxyl groups excluding tert-OH is 1. The van der Waals surface area contributed by atoms with Crippen molar-refractivity contribution in [1.29, 1.82) is 0 Å². The molecular formula is C23H29N3O2S. The van der Waals surface area contributed by atoms with E-state index in [1.807, 2.05) is 32.1 Å². The molecule has 1 unspecified atom stereocenters. The van der Waals surface area contributed by atoms with Crippen molar-refractivity contribution in [3.8, 4) is 0 Å². The monoisotopic (exact) mass is 411 g/mol. The molecule has 29 heavy (non-hydrogen) atoms. The lowest BCUT2D eigenvalue weighted by atomic mass is 9.84. The fourth-order valence-electron chi connectivity index (χ4n) is 4.13. The quantitative estimate of drug-likeness (QED) is 0.606. The molecule has 1 amide bonds. The fourth-order valence-corrected chi connectivity index (χ4v) is 4.57. The molecule has 1 fully saturated rings. The Balaban J connectivity index is 1.88. The van der Waals surface area contributed by atoms with Gasteiger partial charge in [-0.1, -0.05) is 44.2 Å². The van der Waals surface area contributed by atoms with Crippen LogP contribution >= 0.6 is 12.2 Å². The number of benzene rings is 1. The summed E-state index contributed by atoms with van der Waals surface area (Å²) in [5.74, 6) is -0.238. The average Bonchev–Trinajstić information content (AvgIpc) is 2.88. The van der Waals surface area contributed by atoms with Crippen molar-refractivity contribution in [3.05, 3.63) is 65.4 Å². The largest absolute Gasteiger partial charge is 0.369 e. The van der Waals surface area contributed by atoms with Gasteiger partial charge in [0.25, 0.3) is 5.91 Å². The lowest BCUT2D eigenvalue weighted by molar-refractivity contribution is -0.128. The molecular weight excluding hydrogens is 382 g/mol. The Morgan fingerprint density at radius 1 is 1.14 bits per heavy atom. The van der Waals surface area contributed by atoms with Crippen LogP contribution in [0.15, 0.2) is 59.8 Å². The summed E-state index contributed by atoms with van der Waals surface area (Å²) in [6.07, 6.45) is 6.47. The van der Waals surface area contributed by atoms with Crippen molar-refractivity contribution < 1.29 is 9.90 Å². The third-order valence-corrected chi connectivity index (χ3v) is 6.24. The first-order valence-corrected chi connectivity index (χ1v) is 10.4. The Kier molecular flexibility index (Phi) is 5.96. The molecule has 5 nitrogen and oxygen atoms in total. The number of anilines is 1. The van der Waals surface area contributed by atoms with Crippen LogP contribution in [0, 0.1) is 0 Å². The standard InChI is InChI=1S/C23H29N3O2S/c1-6-25-20(27)16(21(28)26(7-2)22(25)29)12-8-11-15-19-23(3,4)17-13-9-10-14-18(17)24(19)5/h8-15,20,27H,6-7H2,1-5H3/b11-8+,16-12-,19-15+. The summed E-state index contributed by atoms with van der Waals surface area (Å²) < 4.78 is 0. The summed E-state index contributed by atoms with van der Waals surface area (Å²) in [5, 5.41) is 11.0. The van der Waals surface area contributed by atoms with Crippen LogP contribution in [0.2, 0.25) is 0 Å². The molecule has 1 N–H and O–H groups in total. The maximum Gasteiger partial charge on any atom is 0.260 e. The zero-order valence-electron chi connectivity index (χ0n) is 17.7. The zero-order valence-corrected chi connectivity index (χ0v) is 18.5. The van der Waals surface area contributed by atoms with Crippen LogP contribution < -0.4 is 4.90 Å². The van der Waals surface area contributed by atoms with E-state index in [0.29, 0.717) is 23.8 Å². The number of hydrogen-bond donors (Lipinski definition) is 1. The number of hydrogen-bond acceptors (Lipinski definition) is 4. The van der Waals surface area contributed by atoms with E-state index in [1.54, 1.807) is 11.0 Å². The fraction of sp³-hybridized carbons (Fsp3) is 0.391. The van der Waals surface area contributed by atoms with Crippen molar-refractivity contribution >= 4 is 28.9 Å². The summed E-state index contributed by atoms with van der Waals surface area (Å²) >= 11 is 5.35. The molecule has 2 heterocycles. The van der Waals surface area contributed by atoms with Crippen molar-refractivity contribution in [3.63, 3.8) is 0 Å². The normalized spacial score (nSPS) is 24.3. The lowest BCUT2D eigenvalue weighted by Crippen LogP contribution is -2.57. The van der Waals surface area contributed by atoms with Gasteiger partial charge in [-0.15, -0.1) is 0 Å². The Hall–Kier alpha value is -2.44. The number of fused-ring (bicyclic) bond motifs is 1. The Morgan fingerprint density at radius 2 is 1.79 bits per heavy atom. The van der Waals surface area contributed by atoms with E-state index in [-0.39, 0.29) is 11.3 Å². The first kappa shape index (κ1) is 21.3. The first-order valence-electron chi connectivity index (χ1n) is 9.98. The SMILES string of the molecule is CCN1C(=O)\C(=C/C=C/C=C2/N(C)c3ccccc3C2(C)C)C(O)N(CC)C1=S. The number of likely N-dealkylation sites (N-methyl/N-ethyl adjacent to an activating group) is 3. The minimum atomic E-state index is -1.02. The number of amides is 1. The van der Waals surface area contributed by atoms with Gasteiger partial charge in [0, 0.05) is 36.9 Å². The Morgan fingerprint density at radius 3 is 2.41 bits per heavy atom. The molecule has 0 bridgehead atoms. The van der Waals surface area contributed by atoms with Gasteiger partial charge in [0.1, 0.15) is 0 Å². The molecule has 154 valence electrons. The van der Waals surface area contributed by atoms with Gasteiger partial charge in [-0.3, -0.25) is 9.69 Å². The summed E-state index contributed by atoms with van der Waals surface area (Å²) in [6.45, 7) is 9.22. The maximum atomic E-state index is 12.7. The van der Waals surface area contributed by atoms with E-state index in [4.69, 9.17) is 12.2 Å². The van der Waals surface area contributed by atoms with E-state index in [2.05, 4.69) is 50.1 Å². The van der Waals surface area contributed by atoms with E-state index in [9.17, 15) is 9.90 Å². The van der Waals surface area contributed by atoms with E-state index >= 15 is 0 Å². The molecule has 0 radical (unpaired) electrons. The van der Waals surface area contributed by atoms with E-state index in [1.165, 1.54) is 21.8 Å². The molecule has 2 aliphatic rings. The smallest absolute Gasteiger partial charge is 0.260 e. The summed E-state index contributed by atoms with van der Waals surface area (Å²) in [5.41, 5.74) is 3.91. The molecule has 0 saturated carbocycles. The van der Waals surface area contributed by atoms with Crippen LogP contribution in [0.1, 0.15) is 33.3 Å². The van der Waals surface area contributed by atoms with Crippen molar-refractivity contribution in [1.82, 2.24) is 9.80 Å². The molecule has 6 heteroatoms. The third kappa shape index (κ3) is 3.51. The van der Waals surface area contributed by atoms with Crippen LogP contribution in [-0.4, -0.2) is 52.3 Å². The third-order valence-electron chi connectivity index (χ3n) is 5.78. The van der Waals surface area contributed by atoms with Crippen LogP contribution in [0.3, 0.4) is 0 Å². The molecule has 0 aliphatic carbocycles. The minimum Gasteiger partial charge on any atom is -0.369 e. The summed E-state index contributed by atoms with van der Waals surface area (Å²) in [7, 11) is 2.07. The highest BCUT2D eigenvalue weighted by atomic mass is 32.1. The highest BCUT2D eigenvalue weighted by Crippen LogP contribution is 2.46. The second kappa shape index (κ2) is 8.13. The first-order chi connectivity index (χ1) is 13.8. The lowest BCUT2D eigenvalue weighted by Gasteiger charge is -2.40. The molecule has 1 saturated heterocycles. The Bertz CT molecular complexity index is 916. The predicted molar refractivity (Wildman–Crippen MR) is 122 cm³/mol. The highest BCUT2D eigenvalue weighted by molar-refractivity contribution is 7.80. The highest BCUT2D eigenvalue weighted by Gasteiger charge is 2.38. The summed E-state index contributed by atoms with van der Waals surface area (Å²) in [4.78, 5) is 18.1. The average molecular weight is 412 g/mol. The number of aliphatic hydroxyl groups is 1. The van der Waals surface area contributed by atoms with Gasteiger partial charge in [0.2, 0.25) is 0 Å². The molecule has 0 spiro atoms. The molecule has 1 aromatic carbocycles. The van der Waals surface area contributed by atoms with Crippen LogP contribution in [0.4, 0.5) is 5.69 Å². The van der Waals surface area contributed by atoms with Gasteiger partial charge in [-0.05, 0) is 49.8 Å². The molecule has 2 aliphatic heterocycles. The second-order valence-electron chi connectivity index (χ2n) is 7.75. The van der Waals surface area contributed by atoms with Gasteiger partial charge in [0.05, 0.1) is 5.57 Å². The van der Waals surface area contributed by atoms with Crippen molar-refractivity contribution in [2.75, 3.05) is 25.0 Å². The number of rotatable bonds is 4. The number of carbonyl (C=O) groups is 1. The van der Waals surface area contributed by atoms with Gasteiger partial charge >= 0.3 is 0 Å². The summed E-state index contributed by atoms with van der Waals surface area (Å²) in [6, 6.07) is 8.41. The number of carbonyl (C=O) groups excluding carboxylic acids is 1. The Labute approximate surface area is 178 Å². The molecule has 1 atom stereocenters. The minimum absolute atomic E-state index is 0.104. The van der Waals surface area contributed by atoms with Gasteiger partial charge < -0.3 is 14.9 Å². The number of para-hydroxylation sites is 1. The van der Waals surface area contributed by atoms with Crippen molar-refractivity contribution in [2.24, 2.45) is 0 Å². The topological polar surface area (TPSA) is 47.0 Å². The molecule has 1 aromatic rings. The maximum absolute atomic E-state index is 12.7. The van der Waals surface area contributed by atoms with Crippen molar-refractivity contribution in [2.45, 2.75) is 39.3 Å². The van der Waals surface area contributed by atoms with E-state index in [0.717, 1.165) is 0 Å². The zero-order chi connectivity index (χ0) is 21.3. The van der Waals surface area contributed by atoms with Gasteiger partial charge in [-0.2, -0.15) is 0 Å².